The van der Waals surface area contributed by atoms with Crippen molar-refractivity contribution < 1.29 is 31.8 Å². The Labute approximate surface area is 188 Å². The molecule has 3 aromatic heterocycles. The molecule has 0 spiro atoms. The van der Waals surface area contributed by atoms with Gasteiger partial charge in [-0.05, 0) is 36.4 Å². The summed E-state index contributed by atoms with van der Waals surface area (Å²) in [5.41, 5.74) is 6.62. The Morgan fingerprint density at radius 2 is 1.97 bits per heavy atom. The van der Waals surface area contributed by atoms with Crippen molar-refractivity contribution in [2.75, 3.05) is 12.8 Å². The monoisotopic (exact) mass is 477 g/mol. The molecular formula is C20H15F4N7O3. The van der Waals surface area contributed by atoms with E-state index in [0.29, 0.717) is 16.9 Å². The molecule has 4 rings (SSSR count). The lowest BCUT2D eigenvalue weighted by atomic mass is 10.1. The zero-order valence-corrected chi connectivity index (χ0v) is 17.3. The van der Waals surface area contributed by atoms with E-state index in [1.807, 2.05) is 0 Å². The van der Waals surface area contributed by atoms with Crippen molar-refractivity contribution >= 4 is 17.5 Å². The molecule has 3 N–H and O–H groups in total. The molecular weight excluding hydrogens is 462 g/mol. The highest BCUT2D eigenvalue weighted by Crippen LogP contribution is 2.26. The van der Waals surface area contributed by atoms with Crippen LogP contribution < -0.4 is 20.5 Å². The Kier molecular flexibility index (Phi) is 5.88. The molecule has 1 amide bonds. The van der Waals surface area contributed by atoms with Gasteiger partial charge in [0.25, 0.3) is 5.91 Å². The van der Waals surface area contributed by atoms with E-state index in [2.05, 4.69) is 30.3 Å². The quantitative estimate of drug-likeness (QED) is 0.406. The first-order chi connectivity index (χ1) is 16.1. The molecule has 0 saturated carbocycles. The van der Waals surface area contributed by atoms with Crippen LogP contribution in [0.3, 0.4) is 0 Å². The third-order valence-corrected chi connectivity index (χ3v) is 4.54. The summed E-state index contributed by atoms with van der Waals surface area (Å²) in [4.78, 5) is 16.8. The molecule has 10 nitrogen and oxygen atoms in total. The van der Waals surface area contributed by atoms with Crippen LogP contribution in [0.1, 0.15) is 15.9 Å². The lowest BCUT2D eigenvalue weighted by molar-refractivity contribution is -0.274. The Bertz CT molecular complexity index is 1370. The number of amides is 1. The maximum Gasteiger partial charge on any atom is 0.573 e. The fourth-order valence-electron chi connectivity index (χ4n) is 3.05. The van der Waals surface area contributed by atoms with Gasteiger partial charge in [0, 0.05) is 23.9 Å². The number of ether oxygens (including phenoxy) is 2. The molecule has 0 aliphatic heterocycles. The second kappa shape index (κ2) is 8.80. The number of fused-ring (bicyclic) bond motifs is 1. The number of alkyl halides is 3. The molecule has 4 aromatic rings. The number of aromatic nitrogens is 5. The van der Waals surface area contributed by atoms with Crippen molar-refractivity contribution in [3.8, 4) is 22.9 Å². The van der Waals surface area contributed by atoms with Crippen LogP contribution >= 0.6 is 0 Å². The zero-order chi connectivity index (χ0) is 24.5. The van der Waals surface area contributed by atoms with Gasteiger partial charge >= 0.3 is 6.36 Å². The standard InChI is InChI=1S/C20H15F4N7O3/c1-33-18-13(8-15(28-29-18)10-4-5-31-16(7-10)27-19(25)30-31)17(32)26-9-11-6-12(2-3-14(11)21)34-20(22,23)24/h2-8H,9H2,1H3,(H2,25,30)(H,26,32). The van der Waals surface area contributed by atoms with Crippen molar-refractivity contribution in [1.82, 2.24) is 30.1 Å². The lowest BCUT2D eigenvalue weighted by Crippen LogP contribution is -2.24. The fourth-order valence-corrected chi connectivity index (χ4v) is 3.05. The number of carbonyl (C=O) groups is 1. The first-order valence-corrected chi connectivity index (χ1v) is 9.49. The number of nitrogens with zero attached hydrogens (tertiary/aromatic N) is 5. The van der Waals surface area contributed by atoms with Gasteiger partial charge in [-0.15, -0.1) is 28.5 Å². The lowest BCUT2D eigenvalue weighted by Gasteiger charge is -2.12. The Balaban J connectivity index is 1.57. The van der Waals surface area contributed by atoms with Gasteiger partial charge < -0.3 is 20.5 Å². The van der Waals surface area contributed by atoms with E-state index >= 15 is 0 Å². The average molecular weight is 477 g/mol. The van der Waals surface area contributed by atoms with E-state index in [1.165, 1.54) is 17.7 Å². The van der Waals surface area contributed by atoms with Crippen molar-refractivity contribution in [3.63, 3.8) is 0 Å². The number of hydrogen-bond donors (Lipinski definition) is 2. The molecule has 0 aliphatic carbocycles. The van der Waals surface area contributed by atoms with Crippen LogP contribution in [-0.4, -0.2) is 44.2 Å². The summed E-state index contributed by atoms with van der Waals surface area (Å²) in [7, 11) is 1.28. The summed E-state index contributed by atoms with van der Waals surface area (Å²) in [6, 6.07) is 7.16. The van der Waals surface area contributed by atoms with Gasteiger partial charge in [0.1, 0.15) is 17.1 Å². The predicted molar refractivity (Wildman–Crippen MR) is 109 cm³/mol. The van der Waals surface area contributed by atoms with Gasteiger partial charge in [0.15, 0.2) is 5.65 Å². The molecule has 0 saturated heterocycles. The minimum absolute atomic E-state index is 0.0311. The molecule has 34 heavy (non-hydrogen) atoms. The molecule has 0 radical (unpaired) electrons. The third kappa shape index (κ3) is 4.95. The van der Waals surface area contributed by atoms with Gasteiger partial charge in [0.2, 0.25) is 11.8 Å². The summed E-state index contributed by atoms with van der Waals surface area (Å²) < 4.78 is 61.7. The van der Waals surface area contributed by atoms with Crippen LogP contribution in [-0.2, 0) is 6.54 Å². The molecule has 0 unspecified atom stereocenters. The van der Waals surface area contributed by atoms with E-state index in [1.54, 1.807) is 18.3 Å². The van der Waals surface area contributed by atoms with E-state index in [9.17, 15) is 22.4 Å². The van der Waals surface area contributed by atoms with Crippen LogP contribution in [0.5, 0.6) is 11.6 Å². The molecule has 14 heteroatoms. The first kappa shape index (κ1) is 22.7. The number of hydrogen-bond acceptors (Lipinski definition) is 8. The second-order valence-electron chi connectivity index (χ2n) is 6.82. The maximum absolute atomic E-state index is 14.1. The fraction of sp³-hybridized carbons (Fsp3) is 0.150. The number of nitrogen functional groups attached to an aromatic ring is 1. The van der Waals surface area contributed by atoms with Crippen molar-refractivity contribution in [3.05, 3.63) is 59.5 Å². The van der Waals surface area contributed by atoms with Crippen LogP contribution in [0, 0.1) is 5.82 Å². The number of nitrogens with two attached hydrogens (primary N) is 1. The van der Waals surface area contributed by atoms with Gasteiger partial charge in [-0.3, -0.25) is 4.79 Å². The van der Waals surface area contributed by atoms with Crippen LogP contribution in [0.4, 0.5) is 23.5 Å². The molecule has 176 valence electrons. The van der Waals surface area contributed by atoms with Gasteiger partial charge in [-0.1, -0.05) is 0 Å². The normalized spacial score (nSPS) is 11.4. The number of halogens is 4. The average Bonchev–Trinajstić information content (AvgIpc) is 3.17. The highest BCUT2D eigenvalue weighted by atomic mass is 19.4. The number of methoxy groups -OCH3 is 1. The molecule has 1 aromatic carbocycles. The topological polar surface area (TPSA) is 130 Å². The molecule has 0 aliphatic rings. The summed E-state index contributed by atoms with van der Waals surface area (Å²) >= 11 is 0. The molecule has 0 bridgehead atoms. The molecule has 3 heterocycles. The summed E-state index contributed by atoms with van der Waals surface area (Å²) in [5, 5.41) is 14.3. The van der Waals surface area contributed by atoms with Gasteiger partial charge in [0.05, 0.1) is 12.8 Å². The summed E-state index contributed by atoms with van der Waals surface area (Å²) in [6.45, 7) is -0.425. The minimum Gasteiger partial charge on any atom is -0.479 e. The number of anilines is 1. The van der Waals surface area contributed by atoms with E-state index < -0.39 is 30.4 Å². The number of carbonyl (C=O) groups excluding carboxylic acids is 1. The smallest absolute Gasteiger partial charge is 0.479 e. The highest BCUT2D eigenvalue weighted by Gasteiger charge is 2.31. The van der Waals surface area contributed by atoms with Gasteiger partial charge in [-0.25, -0.2) is 8.91 Å². The molecule has 0 fully saturated rings. The van der Waals surface area contributed by atoms with E-state index in [4.69, 9.17) is 10.5 Å². The minimum atomic E-state index is -4.94. The number of nitrogens with one attached hydrogen (secondary N) is 1. The van der Waals surface area contributed by atoms with Crippen molar-refractivity contribution in [1.29, 1.82) is 0 Å². The third-order valence-electron chi connectivity index (χ3n) is 4.54. The second-order valence-corrected chi connectivity index (χ2v) is 6.82. The Morgan fingerprint density at radius 1 is 1.18 bits per heavy atom. The van der Waals surface area contributed by atoms with Crippen LogP contribution in [0.15, 0.2) is 42.6 Å². The number of rotatable bonds is 6. The summed E-state index contributed by atoms with van der Waals surface area (Å²) in [5.74, 6) is -2.19. The maximum atomic E-state index is 14.1. The zero-order valence-electron chi connectivity index (χ0n) is 17.3. The number of benzene rings is 1. The van der Waals surface area contributed by atoms with Crippen molar-refractivity contribution in [2.45, 2.75) is 12.9 Å². The van der Waals surface area contributed by atoms with Crippen molar-refractivity contribution in [2.24, 2.45) is 0 Å². The van der Waals surface area contributed by atoms with Crippen LogP contribution in [0.2, 0.25) is 0 Å². The van der Waals surface area contributed by atoms with E-state index in [0.717, 1.165) is 18.2 Å². The highest BCUT2D eigenvalue weighted by molar-refractivity contribution is 5.97. The largest absolute Gasteiger partial charge is 0.573 e. The van der Waals surface area contributed by atoms with Gasteiger partial charge in [-0.2, -0.15) is 4.98 Å². The van der Waals surface area contributed by atoms with Crippen LogP contribution in [0.25, 0.3) is 16.9 Å². The Morgan fingerprint density at radius 3 is 2.71 bits per heavy atom. The Hall–Kier alpha value is -4.49. The number of pyridine rings is 1. The first-order valence-electron chi connectivity index (χ1n) is 9.49. The SMILES string of the molecule is COc1nnc(-c2ccn3nc(N)nc3c2)cc1C(=O)NCc1cc(OC(F)(F)F)ccc1F. The summed E-state index contributed by atoms with van der Waals surface area (Å²) in [6.07, 6.45) is -3.34. The molecule has 0 atom stereocenters. The predicted octanol–water partition coefficient (Wildman–Crippen LogP) is 2.74. The van der Waals surface area contributed by atoms with E-state index in [-0.39, 0.29) is 23.0 Å².